The predicted molar refractivity (Wildman–Crippen MR) is 62.7 cm³/mol. The van der Waals surface area contributed by atoms with Gasteiger partial charge in [-0.1, -0.05) is 20.3 Å². The second-order valence-corrected chi connectivity index (χ2v) is 4.95. The monoisotopic (exact) mass is 252 g/mol. The molecule has 0 spiro atoms. The number of alkyl halides is 3. The summed E-state index contributed by atoms with van der Waals surface area (Å²) in [5, 5.41) is 0. The lowest BCUT2D eigenvalue weighted by atomic mass is 10.00. The Morgan fingerprint density at radius 1 is 1.29 bits per heavy atom. The van der Waals surface area contributed by atoms with Crippen molar-refractivity contribution in [2.45, 2.75) is 70.3 Å². The Balaban J connectivity index is 2.65. The van der Waals surface area contributed by atoms with Gasteiger partial charge in [-0.25, -0.2) is 0 Å². The molecular formula is C12H23F3N2. The summed E-state index contributed by atoms with van der Waals surface area (Å²) in [6, 6.07) is -0.179. The minimum absolute atomic E-state index is 0.101. The zero-order valence-corrected chi connectivity index (χ0v) is 10.6. The maximum absolute atomic E-state index is 12.6. The van der Waals surface area contributed by atoms with Crippen LogP contribution in [0.5, 0.6) is 0 Å². The molecule has 0 aromatic carbocycles. The lowest BCUT2D eigenvalue weighted by Crippen LogP contribution is -2.51. The van der Waals surface area contributed by atoms with Crippen LogP contribution in [0.25, 0.3) is 0 Å². The van der Waals surface area contributed by atoms with Crippen molar-refractivity contribution in [1.29, 1.82) is 0 Å². The summed E-state index contributed by atoms with van der Waals surface area (Å²) >= 11 is 0. The summed E-state index contributed by atoms with van der Waals surface area (Å²) in [5.74, 6) is 0. The second kappa shape index (κ2) is 6.05. The van der Waals surface area contributed by atoms with Gasteiger partial charge in [-0.05, 0) is 25.7 Å². The molecule has 0 amide bonds. The highest BCUT2D eigenvalue weighted by molar-refractivity contribution is 4.93. The van der Waals surface area contributed by atoms with Crippen molar-refractivity contribution in [2.75, 3.05) is 6.54 Å². The third kappa shape index (κ3) is 4.84. The highest BCUT2D eigenvalue weighted by Crippen LogP contribution is 2.33. The van der Waals surface area contributed by atoms with Gasteiger partial charge in [0, 0.05) is 18.1 Å². The van der Waals surface area contributed by atoms with Crippen molar-refractivity contribution in [1.82, 2.24) is 4.90 Å². The first-order valence-electron chi connectivity index (χ1n) is 6.47. The molecule has 1 aliphatic carbocycles. The van der Waals surface area contributed by atoms with Crippen LogP contribution < -0.4 is 5.73 Å². The summed E-state index contributed by atoms with van der Waals surface area (Å²) in [5.41, 5.74) is 6.02. The minimum atomic E-state index is -4.12. The fourth-order valence-corrected chi connectivity index (χ4v) is 2.44. The van der Waals surface area contributed by atoms with Gasteiger partial charge >= 0.3 is 6.18 Å². The van der Waals surface area contributed by atoms with E-state index in [2.05, 4.69) is 0 Å². The molecule has 2 nitrogen and oxygen atoms in total. The molecule has 2 atom stereocenters. The van der Waals surface area contributed by atoms with Crippen molar-refractivity contribution in [3.63, 3.8) is 0 Å². The zero-order chi connectivity index (χ0) is 13.1. The van der Waals surface area contributed by atoms with Crippen LogP contribution in [0.1, 0.15) is 46.0 Å². The van der Waals surface area contributed by atoms with Crippen LogP contribution in [0.4, 0.5) is 13.2 Å². The Labute approximate surface area is 101 Å². The third-order valence-corrected chi connectivity index (χ3v) is 3.34. The highest BCUT2D eigenvalue weighted by atomic mass is 19.4. The number of nitrogens with zero attached hydrogens (tertiary/aromatic N) is 1. The van der Waals surface area contributed by atoms with E-state index in [4.69, 9.17) is 5.73 Å². The van der Waals surface area contributed by atoms with Crippen LogP contribution in [0.15, 0.2) is 0 Å². The van der Waals surface area contributed by atoms with Crippen molar-refractivity contribution in [3.8, 4) is 0 Å². The molecule has 5 heteroatoms. The maximum Gasteiger partial charge on any atom is 0.401 e. The summed E-state index contributed by atoms with van der Waals surface area (Å²) in [6.07, 6.45) is 0.0360. The summed E-state index contributed by atoms with van der Waals surface area (Å²) < 4.78 is 37.7. The highest BCUT2D eigenvalue weighted by Gasteiger charge is 2.42. The fraction of sp³-hybridized carbons (Fsp3) is 1.00. The SMILES string of the molecule is CCCC(N)C(CC)N(CC(F)(F)F)C1CC1. The molecule has 1 fully saturated rings. The van der Waals surface area contributed by atoms with Gasteiger partial charge in [-0.15, -0.1) is 0 Å². The van der Waals surface area contributed by atoms with Gasteiger partial charge in [0.15, 0.2) is 0 Å². The van der Waals surface area contributed by atoms with Gasteiger partial charge in [0.05, 0.1) is 6.54 Å². The lowest BCUT2D eigenvalue weighted by Gasteiger charge is -2.35. The van der Waals surface area contributed by atoms with E-state index in [9.17, 15) is 13.2 Å². The molecule has 0 saturated heterocycles. The van der Waals surface area contributed by atoms with Gasteiger partial charge in [0.2, 0.25) is 0 Å². The second-order valence-electron chi connectivity index (χ2n) is 4.95. The summed E-state index contributed by atoms with van der Waals surface area (Å²) in [7, 11) is 0. The number of nitrogens with two attached hydrogens (primary N) is 1. The molecule has 0 aromatic heterocycles. The van der Waals surface area contributed by atoms with Crippen molar-refractivity contribution in [3.05, 3.63) is 0 Å². The molecule has 1 aliphatic rings. The Kier molecular flexibility index (Phi) is 5.25. The van der Waals surface area contributed by atoms with Crippen LogP contribution in [0.3, 0.4) is 0 Å². The van der Waals surface area contributed by atoms with E-state index in [1.165, 1.54) is 0 Å². The van der Waals surface area contributed by atoms with E-state index in [1.807, 2.05) is 13.8 Å². The predicted octanol–water partition coefficient (Wildman–Crippen LogP) is 2.92. The van der Waals surface area contributed by atoms with Gasteiger partial charge < -0.3 is 5.73 Å². The summed E-state index contributed by atoms with van der Waals surface area (Å²) in [6.45, 7) is 3.12. The van der Waals surface area contributed by atoms with Crippen molar-refractivity contribution >= 4 is 0 Å². The molecule has 102 valence electrons. The van der Waals surface area contributed by atoms with Gasteiger partial charge in [0.1, 0.15) is 0 Å². The Morgan fingerprint density at radius 2 is 1.88 bits per heavy atom. The molecule has 0 bridgehead atoms. The first-order chi connectivity index (χ1) is 7.89. The van der Waals surface area contributed by atoms with Crippen molar-refractivity contribution < 1.29 is 13.2 Å². The largest absolute Gasteiger partial charge is 0.401 e. The molecule has 0 heterocycles. The molecule has 0 aliphatic heterocycles. The number of hydrogen-bond acceptors (Lipinski definition) is 2. The standard InChI is InChI=1S/C12H23F3N2/c1-3-5-10(16)11(4-2)17(9-6-7-9)8-12(13,14)15/h9-11H,3-8,16H2,1-2H3. The fourth-order valence-electron chi connectivity index (χ4n) is 2.44. The van der Waals surface area contributed by atoms with E-state index < -0.39 is 12.7 Å². The van der Waals surface area contributed by atoms with Crippen LogP contribution in [0.2, 0.25) is 0 Å². The van der Waals surface area contributed by atoms with Crippen LogP contribution in [-0.2, 0) is 0 Å². The smallest absolute Gasteiger partial charge is 0.326 e. The topological polar surface area (TPSA) is 29.3 Å². The van der Waals surface area contributed by atoms with Crippen LogP contribution >= 0.6 is 0 Å². The van der Waals surface area contributed by atoms with Gasteiger partial charge in [0.25, 0.3) is 0 Å². The zero-order valence-electron chi connectivity index (χ0n) is 10.6. The van der Waals surface area contributed by atoms with Crippen LogP contribution in [0, 0.1) is 0 Å². The normalized spacial score (nSPS) is 20.6. The number of hydrogen-bond donors (Lipinski definition) is 1. The van der Waals surface area contributed by atoms with Crippen LogP contribution in [-0.4, -0.2) is 35.7 Å². The van der Waals surface area contributed by atoms with Gasteiger partial charge in [-0.3, -0.25) is 4.90 Å². The first-order valence-corrected chi connectivity index (χ1v) is 6.47. The van der Waals surface area contributed by atoms with E-state index in [-0.39, 0.29) is 18.1 Å². The molecule has 1 saturated carbocycles. The molecular weight excluding hydrogens is 229 g/mol. The number of halogens is 3. The van der Waals surface area contributed by atoms with E-state index >= 15 is 0 Å². The molecule has 2 N–H and O–H groups in total. The minimum Gasteiger partial charge on any atom is -0.326 e. The van der Waals surface area contributed by atoms with E-state index in [0.717, 1.165) is 25.7 Å². The van der Waals surface area contributed by atoms with E-state index in [1.54, 1.807) is 4.90 Å². The molecule has 0 radical (unpaired) electrons. The maximum atomic E-state index is 12.6. The number of rotatable bonds is 7. The van der Waals surface area contributed by atoms with E-state index in [0.29, 0.717) is 6.42 Å². The summed E-state index contributed by atoms with van der Waals surface area (Å²) in [4.78, 5) is 1.58. The Morgan fingerprint density at radius 3 is 2.24 bits per heavy atom. The third-order valence-electron chi connectivity index (χ3n) is 3.34. The average molecular weight is 252 g/mol. The molecule has 0 aromatic rings. The first kappa shape index (κ1) is 14.8. The Hall–Kier alpha value is -0.290. The molecule has 17 heavy (non-hydrogen) atoms. The lowest BCUT2D eigenvalue weighted by molar-refractivity contribution is -0.153. The molecule has 2 unspecified atom stereocenters. The van der Waals surface area contributed by atoms with Gasteiger partial charge in [-0.2, -0.15) is 13.2 Å². The quantitative estimate of drug-likeness (QED) is 0.755. The molecule has 1 rings (SSSR count). The van der Waals surface area contributed by atoms with Crippen molar-refractivity contribution in [2.24, 2.45) is 5.73 Å². The average Bonchev–Trinajstić information content (AvgIpc) is 2.98. The Bertz CT molecular complexity index is 226.